The van der Waals surface area contributed by atoms with Gasteiger partial charge in [0.1, 0.15) is 0 Å². The van der Waals surface area contributed by atoms with Crippen molar-refractivity contribution in [1.29, 1.82) is 0 Å². The van der Waals surface area contributed by atoms with Crippen molar-refractivity contribution < 1.29 is 0 Å². The van der Waals surface area contributed by atoms with Crippen LogP contribution >= 0.6 is 0 Å². The second kappa shape index (κ2) is 4.13. The van der Waals surface area contributed by atoms with E-state index in [-0.39, 0.29) is 0 Å². The van der Waals surface area contributed by atoms with Gasteiger partial charge in [-0.2, -0.15) is 5.10 Å². The summed E-state index contributed by atoms with van der Waals surface area (Å²) in [6, 6.07) is 5.80. The van der Waals surface area contributed by atoms with E-state index in [1.807, 2.05) is 50.7 Å². The summed E-state index contributed by atoms with van der Waals surface area (Å²) in [4.78, 5) is 0. The second-order valence-corrected chi connectivity index (χ2v) is 2.99. The average molecular weight is 191 g/mol. The molecule has 14 heavy (non-hydrogen) atoms. The third-order valence-corrected chi connectivity index (χ3v) is 2.15. The van der Waals surface area contributed by atoms with E-state index in [9.17, 15) is 0 Å². The maximum atomic E-state index is 5.63. The van der Waals surface area contributed by atoms with Gasteiger partial charge >= 0.3 is 0 Å². The highest BCUT2D eigenvalue weighted by Gasteiger charge is 2.03. The molecule has 0 saturated carbocycles. The molecule has 3 heteroatoms. The smallest absolute Gasteiger partial charge is 0.0946 e. The lowest BCUT2D eigenvalue weighted by atomic mass is 10.2. The van der Waals surface area contributed by atoms with Gasteiger partial charge in [0.2, 0.25) is 0 Å². The van der Waals surface area contributed by atoms with Gasteiger partial charge in [-0.15, -0.1) is 0 Å². The Morgan fingerprint density at radius 3 is 2.57 bits per heavy atom. The number of nitrogen functional groups attached to an aromatic ring is 1. The molecule has 2 N–H and O–H groups in total. The van der Waals surface area contributed by atoms with Crippen LogP contribution in [0.15, 0.2) is 18.2 Å². The number of anilines is 1. The van der Waals surface area contributed by atoms with E-state index in [1.54, 1.807) is 0 Å². The van der Waals surface area contributed by atoms with Crippen LogP contribution in [0.1, 0.15) is 19.5 Å². The zero-order valence-corrected chi connectivity index (χ0v) is 9.20. The lowest BCUT2D eigenvalue weighted by molar-refractivity contribution is 0.751. The first kappa shape index (κ1) is 10.6. The van der Waals surface area contributed by atoms with Crippen molar-refractivity contribution in [2.75, 3.05) is 5.73 Å². The molecule has 0 radical (unpaired) electrons. The summed E-state index contributed by atoms with van der Waals surface area (Å²) in [5, 5.41) is 5.48. The number of aryl methyl sites for hydroxylation is 2. The minimum atomic E-state index is 0.764. The number of aromatic nitrogens is 2. The SMILES string of the molecule is CC.Cc1c2ccc(N)cc2nn1C. The first-order chi connectivity index (χ1) is 6.68. The van der Waals surface area contributed by atoms with Crippen LogP contribution in [0, 0.1) is 6.92 Å². The highest BCUT2D eigenvalue weighted by Crippen LogP contribution is 2.18. The van der Waals surface area contributed by atoms with Crippen LogP contribution in [0.2, 0.25) is 0 Å². The number of nitrogens with two attached hydrogens (primary N) is 1. The van der Waals surface area contributed by atoms with E-state index in [1.165, 1.54) is 11.1 Å². The molecule has 3 nitrogen and oxygen atoms in total. The lowest BCUT2D eigenvalue weighted by Gasteiger charge is -1.92. The first-order valence-electron chi connectivity index (χ1n) is 4.87. The molecule has 2 aromatic rings. The predicted octanol–water partition coefficient (Wildman–Crippen LogP) is 2.49. The molecule has 0 aliphatic heterocycles. The van der Waals surface area contributed by atoms with Crippen LogP contribution < -0.4 is 5.73 Å². The van der Waals surface area contributed by atoms with Crippen LogP contribution in [-0.4, -0.2) is 9.78 Å². The number of nitrogens with zero attached hydrogens (tertiary/aromatic N) is 2. The molecule has 0 atom stereocenters. The summed E-state index contributed by atoms with van der Waals surface area (Å²) in [6.45, 7) is 6.05. The van der Waals surface area contributed by atoms with Crippen molar-refractivity contribution in [2.24, 2.45) is 7.05 Å². The minimum Gasteiger partial charge on any atom is -0.399 e. The minimum absolute atomic E-state index is 0.764. The largest absolute Gasteiger partial charge is 0.399 e. The molecular weight excluding hydrogens is 174 g/mol. The fourth-order valence-corrected chi connectivity index (χ4v) is 1.35. The Kier molecular flexibility index (Phi) is 3.12. The van der Waals surface area contributed by atoms with Gasteiger partial charge in [-0.3, -0.25) is 4.68 Å². The zero-order valence-electron chi connectivity index (χ0n) is 9.20. The summed E-state index contributed by atoms with van der Waals surface area (Å²) in [5.41, 5.74) is 8.54. The first-order valence-corrected chi connectivity index (χ1v) is 4.87. The van der Waals surface area contributed by atoms with Crippen molar-refractivity contribution >= 4 is 16.6 Å². The molecule has 0 aliphatic carbocycles. The molecule has 0 fully saturated rings. The Balaban J connectivity index is 0.000000461. The molecule has 0 unspecified atom stereocenters. The van der Waals surface area contributed by atoms with E-state index < -0.39 is 0 Å². The van der Waals surface area contributed by atoms with E-state index in [2.05, 4.69) is 5.10 Å². The van der Waals surface area contributed by atoms with Crippen molar-refractivity contribution in [3.8, 4) is 0 Å². The Morgan fingerprint density at radius 2 is 1.93 bits per heavy atom. The van der Waals surface area contributed by atoms with Gasteiger partial charge in [-0.25, -0.2) is 0 Å². The van der Waals surface area contributed by atoms with Gasteiger partial charge in [0.05, 0.1) is 5.52 Å². The normalized spacial score (nSPS) is 9.71. The van der Waals surface area contributed by atoms with Crippen molar-refractivity contribution in [3.05, 3.63) is 23.9 Å². The molecule has 0 bridgehead atoms. The van der Waals surface area contributed by atoms with Crippen LogP contribution in [0.5, 0.6) is 0 Å². The second-order valence-electron chi connectivity index (χ2n) is 2.99. The quantitative estimate of drug-likeness (QED) is 0.650. The Bertz CT molecular complexity index is 429. The number of rotatable bonds is 0. The Hall–Kier alpha value is -1.51. The standard InChI is InChI=1S/C9H11N3.C2H6/c1-6-8-4-3-7(10)5-9(8)11-12(6)2;1-2/h3-5H,10H2,1-2H3;1-2H3. The zero-order chi connectivity index (χ0) is 10.7. The Morgan fingerprint density at radius 1 is 1.29 bits per heavy atom. The Labute approximate surface area is 84.5 Å². The van der Waals surface area contributed by atoms with Crippen LogP contribution in [0.4, 0.5) is 5.69 Å². The van der Waals surface area contributed by atoms with E-state index >= 15 is 0 Å². The number of benzene rings is 1. The average Bonchev–Trinajstić information content (AvgIpc) is 2.45. The molecule has 0 amide bonds. The van der Waals surface area contributed by atoms with Gasteiger partial charge in [0, 0.05) is 23.8 Å². The summed E-state index contributed by atoms with van der Waals surface area (Å²) in [6.07, 6.45) is 0. The number of hydrogen-bond acceptors (Lipinski definition) is 2. The number of hydrogen-bond donors (Lipinski definition) is 1. The fourth-order valence-electron chi connectivity index (χ4n) is 1.35. The van der Waals surface area contributed by atoms with Crippen LogP contribution in [-0.2, 0) is 7.05 Å². The molecule has 0 aliphatic rings. The predicted molar refractivity (Wildman–Crippen MR) is 61.2 cm³/mol. The van der Waals surface area contributed by atoms with E-state index in [4.69, 9.17) is 5.73 Å². The maximum Gasteiger partial charge on any atom is 0.0946 e. The monoisotopic (exact) mass is 191 g/mol. The topological polar surface area (TPSA) is 43.8 Å². The molecule has 1 aromatic carbocycles. The van der Waals surface area contributed by atoms with Gasteiger partial charge in [0.15, 0.2) is 0 Å². The van der Waals surface area contributed by atoms with E-state index in [0.29, 0.717) is 0 Å². The highest BCUT2D eigenvalue weighted by atomic mass is 15.3. The third kappa shape index (κ3) is 1.71. The molecule has 0 spiro atoms. The molecule has 76 valence electrons. The molecule has 1 aromatic heterocycles. The van der Waals surface area contributed by atoms with Crippen molar-refractivity contribution in [2.45, 2.75) is 20.8 Å². The summed E-state index contributed by atoms with van der Waals surface area (Å²) in [7, 11) is 1.94. The van der Waals surface area contributed by atoms with Crippen LogP contribution in [0.25, 0.3) is 10.9 Å². The van der Waals surface area contributed by atoms with Crippen molar-refractivity contribution in [3.63, 3.8) is 0 Å². The van der Waals surface area contributed by atoms with Gasteiger partial charge in [-0.05, 0) is 25.1 Å². The summed E-state index contributed by atoms with van der Waals surface area (Å²) < 4.78 is 1.87. The fraction of sp³-hybridized carbons (Fsp3) is 0.364. The summed E-state index contributed by atoms with van der Waals surface area (Å²) >= 11 is 0. The molecule has 1 heterocycles. The van der Waals surface area contributed by atoms with Gasteiger partial charge in [0.25, 0.3) is 0 Å². The third-order valence-electron chi connectivity index (χ3n) is 2.15. The molecular formula is C11H17N3. The molecule has 2 rings (SSSR count). The van der Waals surface area contributed by atoms with Gasteiger partial charge < -0.3 is 5.73 Å². The highest BCUT2D eigenvalue weighted by molar-refractivity contribution is 5.84. The lowest BCUT2D eigenvalue weighted by Crippen LogP contribution is -1.91. The van der Waals surface area contributed by atoms with Crippen molar-refractivity contribution in [1.82, 2.24) is 9.78 Å². The van der Waals surface area contributed by atoms with Gasteiger partial charge in [-0.1, -0.05) is 13.8 Å². The molecule has 0 saturated heterocycles. The number of fused-ring (bicyclic) bond motifs is 1. The van der Waals surface area contributed by atoms with E-state index in [0.717, 1.165) is 11.2 Å². The summed E-state index contributed by atoms with van der Waals surface area (Å²) in [5.74, 6) is 0. The maximum absolute atomic E-state index is 5.63. The van der Waals surface area contributed by atoms with Crippen LogP contribution in [0.3, 0.4) is 0 Å².